The molecule has 0 aromatic heterocycles. The summed E-state index contributed by atoms with van der Waals surface area (Å²) in [4.78, 5) is 117. The van der Waals surface area contributed by atoms with Gasteiger partial charge in [-0.15, -0.1) is 0 Å². The number of carbonyl (C=O) groups is 8. The lowest BCUT2D eigenvalue weighted by molar-refractivity contribution is -0.154. The minimum absolute atomic E-state index is 0.0376. The summed E-state index contributed by atoms with van der Waals surface area (Å²) >= 11 is 0. The molecule has 10 atom stereocenters. The largest absolute Gasteiger partial charge is 0.480 e. The van der Waals surface area contributed by atoms with E-state index in [0.717, 1.165) is 0 Å². The van der Waals surface area contributed by atoms with Gasteiger partial charge in [-0.25, -0.2) is 4.79 Å². The zero-order valence-corrected chi connectivity index (χ0v) is 35.5. The highest BCUT2D eigenvalue weighted by Gasteiger charge is 2.47. The first-order valence-electron chi connectivity index (χ1n) is 21.3. The molecule has 0 spiro atoms. The van der Waals surface area contributed by atoms with Crippen LogP contribution in [0.1, 0.15) is 91.9 Å². The van der Waals surface area contributed by atoms with Crippen molar-refractivity contribution in [2.24, 2.45) is 28.1 Å². The van der Waals surface area contributed by atoms with Gasteiger partial charge >= 0.3 is 5.97 Å². The van der Waals surface area contributed by atoms with Gasteiger partial charge in [-0.1, -0.05) is 13.8 Å². The number of aliphatic imine (C=N–C) groups is 1. The molecule has 0 aromatic rings. The number of nitrogens with zero attached hydrogens (tertiary/aromatic N) is 5. The van der Waals surface area contributed by atoms with Crippen molar-refractivity contribution in [3.63, 3.8) is 0 Å². The molecule has 4 rings (SSSR count). The van der Waals surface area contributed by atoms with Gasteiger partial charge in [-0.2, -0.15) is 0 Å². The Balaban J connectivity index is 1.49. The Kier molecular flexibility index (Phi) is 17.2. The van der Waals surface area contributed by atoms with E-state index in [2.05, 4.69) is 20.9 Å². The molecule has 4 fully saturated rings. The average molecular weight is 864 g/mol. The molecule has 0 aliphatic carbocycles. The van der Waals surface area contributed by atoms with E-state index >= 15 is 0 Å². The lowest BCUT2D eigenvalue weighted by atomic mass is 10.0. The predicted octanol–water partition coefficient (Wildman–Crippen LogP) is -3.71. The van der Waals surface area contributed by atoms with Gasteiger partial charge in [0.15, 0.2) is 5.96 Å². The molecule has 0 aromatic carbocycles. The van der Waals surface area contributed by atoms with Crippen LogP contribution in [0, 0.1) is 5.92 Å². The van der Waals surface area contributed by atoms with Crippen molar-refractivity contribution in [2.75, 3.05) is 32.7 Å². The van der Waals surface area contributed by atoms with Crippen LogP contribution in [0.3, 0.4) is 0 Å². The summed E-state index contributed by atoms with van der Waals surface area (Å²) < 4.78 is 0. The molecule has 4 heterocycles. The van der Waals surface area contributed by atoms with Crippen molar-refractivity contribution in [3.05, 3.63) is 0 Å². The predicted molar refractivity (Wildman–Crippen MR) is 218 cm³/mol. The maximum absolute atomic E-state index is 14.2. The summed E-state index contributed by atoms with van der Waals surface area (Å²) in [6, 6.07) is -9.21. The second kappa shape index (κ2) is 21.6. The van der Waals surface area contributed by atoms with Crippen molar-refractivity contribution in [2.45, 2.75) is 152 Å². The Labute approximate surface area is 355 Å². The van der Waals surface area contributed by atoms with Crippen LogP contribution >= 0.6 is 0 Å². The number of rotatable bonds is 18. The summed E-state index contributed by atoms with van der Waals surface area (Å²) in [6.45, 7) is 6.89. The first-order chi connectivity index (χ1) is 28.8. The van der Waals surface area contributed by atoms with Crippen molar-refractivity contribution in [3.8, 4) is 0 Å². The first-order valence-corrected chi connectivity index (χ1v) is 21.3. The number of carboxylic acid groups (broad SMARTS) is 1. The van der Waals surface area contributed by atoms with Crippen LogP contribution in [0.2, 0.25) is 0 Å². The average Bonchev–Trinajstić information content (AvgIpc) is 4.05. The van der Waals surface area contributed by atoms with Crippen LogP contribution in [0.4, 0.5) is 0 Å². The van der Waals surface area contributed by atoms with E-state index < -0.39 is 108 Å². The summed E-state index contributed by atoms with van der Waals surface area (Å²) in [6.07, 6.45) is 0.328. The first kappa shape index (κ1) is 48.6. The maximum Gasteiger partial charge on any atom is 0.326 e. The number of carbonyl (C=O) groups excluding carboxylic acids is 7. The van der Waals surface area contributed by atoms with Gasteiger partial charge in [-0.05, 0) is 84.0 Å². The maximum atomic E-state index is 14.2. The second-order valence-corrected chi connectivity index (χ2v) is 16.8. The van der Waals surface area contributed by atoms with E-state index in [1.165, 1.54) is 33.4 Å². The molecule has 61 heavy (non-hydrogen) atoms. The number of nitrogens with one attached hydrogen (secondary N) is 3. The fourth-order valence-corrected chi connectivity index (χ4v) is 8.53. The van der Waals surface area contributed by atoms with Gasteiger partial charge in [0.05, 0.1) is 18.2 Å². The van der Waals surface area contributed by atoms with Gasteiger partial charge < -0.3 is 68.1 Å². The molecule has 12 N–H and O–H groups in total. The lowest BCUT2D eigenvalue weighted by Crippen LogP contribution is -2.62. The van der Waals surface area contributed by atoms with Gasteiger partial charge in [0.2, 0.25) is 41.4 Å². The molecule has 342 valence electrons. The summed E-state index contributed by atoms with van der Waals surface area (Å²) in [5.41, 5.74) is 16.9. The third-order valence-electron chi connectivity index (χ3n) is 12.0. The molecule has 0 bridgehead atoms. The SMILES string of the molecule is CC(C)[C@H](N)C(=O)N[C@H](C(=O)N1CCC[C@H]1C(=O)N[C@@H](CCCN=C(N)N)C(=O)N[C@H](C(=O)N1CCC[C@H]1C(=O)N1CCC[C@H]1C(=O)N1CCC[C@H]1C(=O)O)[C@@H](C)O)[C@@H](C)O. The molecule has 4 aliphatic heterocycles. The summed E-state index contributed by atoms with van der Waals surface area (Å²) in [5.74, 6) is -6.18. The Morgan fingerprint density at radius 1 is 0.639 bits per heavy atom. The monoisotopic (exact) mass is 863 g/mol. The molecule has 4 aliphatic rings. The van der Waals surface area contributed by atoms with Crippen LogP contribution < -0.4 is 33.2 Å². The number of hydrogen-bond donors (Lipinski definition) is 9. The van der Waals surface area contributed by atoms with E-state index in [1.54, 1.807) is 13.8 Å². The van der Waals surface area contributed by atoms with Crippen molar-refractivity contribution in [1.82, 2.24) is 35.6 Å². The Bertz CT molecular complexity index is 1670. The standard InChI is InChI=1S/C39H65N11O11/c1-20(2)28(40)33(55)46-30(22(4)52)36(58)47-16-6-11-24(47)32(54)44-23(10-5-15-43-39(41)42)31(53)45-29(21(3)51)37(59)49-18-8-13-26(49)34(56)48-17-7-12-25(48)35(57)50-19-9-14-27(50)38(60)61/h20-30,51-52H,5-19,40H2,1-4H3,(H,44,54)(H,45,53)(H,46,55)(H,60,61)(H4,41,42,43)/t21-,22-,23+,24+,25+,26+,27+,28+,29+,30+/m1/s1. The van der Waals surface area contributed by atoms with E-state index in [1.807, 2.05) is 0 Å². The Morgan fingerprint density at radius 2 is 1.07 bits per heavy atom. The highest BCUT2D eigenvalue weighted by atomic mass is 16.4. The summed E-state index contributed by atoms with van der Waals surface area (Å²) in [7, 11) is 0. The highest BCUT2D eigenvalue weighted by molar-refractivity contribution is 5.98. The summed E-state index contributed by atoms with van der Waals surface area (Å²) in [5, 5.41) is 38.7. The Hall–Kier alpha value is -5.09. The van der Waals surface area contributed by atoms with E-state index in [9.17, 15) is 53.7 Å². The topological polar surface area (TPSA) is 337 Å². The number of aliphatic hydroxyl groups is 2. The van der Waals surface area contributed by atoms with E-state index in [4.69, 9.17) is 17.2 Å². The zero-order valence-electron chi connectivity index (χ0n) is 35.5. The van der Waals surface area contributed by atoms with Crippen LogP contribution in [-0.4, -0.2) is 181 Å². The van der Waals surface area contributed by atoms with Crippen LogP contribution in [0.15, 0.2) is 4.99 Å². The number of nitrogens with two attached hydrogens (primary N) is 3. The van der Waals surface area contributed by atoms with E-state index in [-0.39, 0.29) is 70.3 Å². The number of aliphatic carboxylic acids is 1. The molecule has 22 heteroatoms. The third-order valence-corrected chi connectivity index (χ3v) is 12.0. The fourth-order valence-electron chi connectivity index (χ4n) is 8.53. The smallest absolute Gasteiger partial charge is 0.326 e. The number of guanidine groups is 1. The third kappa shape index (κ3) is 11.8. The normalized spacial score (nSPS) is 24.4. The number of amides is 7. The molecular formula is C39H65N11O11. The number of likely N-dealkylation sites (tertiary alicyclic amines) is 4. The fraction of sp³-hybridized carbons (Fsp3) is 0.769. The lowest BCUT2D eigenvalue weighted by Gasteiger charge is -2.35. The van der Waals surface area contributed by atoms with Gasteiger partial charge in [-0.3, -0.25) is 38.6 Å². The number of carboxylic acids is 1. The van der Waals surface area contributed by atoms with Crippen molar-refractivity contribution < 1.29 is 53.7 Å². The zero-order chi connectivity index (χ0) is 45.3. The van der Waals surface area contributed by atoms with Crippen LogP contribution in [0.5, 0.6) is 0 Å². The molecule has 0 unspecified atom stereocenters. The molecule has 7 amide bonds. The van der Waals surface area contributed by atoms with Gasteiger partial charge in [0.25, 0.3) is 0 Å². The highest BCUT2D eigenvalue weighted by Crippen LogP contribution is 2.29. The van der Waals surface area contributed by atoms with Gasteiger partial charge in [0, 0.05) is 32.7 Å². The molecular weight excluding hydrogens is 798 g/mol. The van der Waals surface area contributed by atoms with Crippen molar-refractivity contribution >= 4 is 53.3 Å². The van der Waals surface area contributed by atoms with Crippen LogP contribution in [-0.2, 0) is 38.4 Å². The minimum atomic E-state index is -1.56. The molecule has 4 saturated heterocycles. The number of aliphatic hydroxyl groups excluding tert-OH is 2. The molecule has 22 nitrogen and oxygen atoms in total. The van der Waals surface area contributed by atoms with Crippen molar-refractivity contribution in [1.29, 1.82) is 0 Å². The van der Waals surface area contributed by atoms with Crippen LogP contribution in [0.25, 0.3) is 0 Å². The quantitative estimate of drug-likeness (QED) is 0.0364. The molecule has 0 radical (unpaired) electrons. The second-order valence-electron chi connectivity index (χ2n) is 16.8. The minimum Gasteiger partial charge on any atom is -0.480 e. The number of hydrogen-bond acceptors (Lipinski definition) is 12. The molecule has 0 saturated carbocycles. The Morgan fingerprint density at radius 3 is 1.54 bits per heavy atom. The van der Waals surface area contributed by atoms with Gasteiger partial charge in [0.1, 0.15) is 42.3 Å². The van der Waals surface area contributed by atoms with E-state index in [0.29, 0.717) is 38.5 Å².